The Kier molecular flexibility index (Phi) is 5.11. The quantitative estimate of drug-likeness (QED) is 0.713. The number of rotatable bonds is 5. The Labute approximate surface area is 152 Å². The fraction of sp³-hybridized carbons (Fsp3) is 0.167. The van der Waals surface area contributed by atoms with Crippen LogP contribution in [0.15, 0.2) is 52.9 Å². The fourth-order valence-electron chi connectivity index (χ4n) is 2.23. The van der Waals surface area contributed by atoms with Crippen LogP contribution in [0.3, 0.4) is 0 Å². The molecule has 3 rings (SSSR count). The van der Waals surface area contributed by atoms with E-state index in [1.807, 2.05) is 6.92 Å². The smallest absolute Gasteiger partial charge is 0.416 e. The predicted octanol–water partition coefficient (Wildman–Crippen LogP) is 4.41. The summed E-state index contributed by atoms with van der Waals surface area (Å²) in [4.78, 5) is 12.2. The molecule has 1 heterocycles. The first-order chi connectivity index (χ1) is 12.9. The summed E-state index contributed by atoms with van der Waals surface area (Å²) in [5.74, 6) is 0.155. The molecule has 0 saturated heterocycles. The average molecular weight is 377 g/mol. The van der Waals surface area contributed by atoms with Crippen LogP contribution in [-0.4, -0.2) is 22.7 Å². The lowest BCUT2D eigenvalue weighted by molar-refractivity contribution is -0.137. The van der Waals surface area contributed by atoms with Crippen molar-refractivity contribution in [3.63, 3.8) is 0 Å². The van der Waals surface area contributed by atoms with E-state index in [9.17, 15) is 18.0 Å². The van der Waals surface area contributed by atoms with E-state index in [4.69, 9.17) is 9.15 Å². The normalized spacial score (nSPS) is 11.3. The van der Waals surface area contributed by atoms with Gasteiger partial charge in [-0.3, -0.25) is 10.1 Å². The van der Waals surface area contributed by atoms with E-state index in [0.717, 1.165) is 12.1 Å². The maximum absolute atomic E-state index is 12.6. The summed E-state index contributed by atoms with van der Waals surface area (Å²) in [7, 11) is 0. The molecular weight excluding hydrogens is 363 g/mol. The lowest BCUT2D eigenvalue weighted by Gasteiger charge is -2.06. The lowest BCUT2D eigenvalue weighted by atomic mass is 10.1. The van der Waals surface area contributed by atoms with Crippen LogP contribution < -0.4 is 10.1 Å². The minimum absolute atomic E-state index is 0.00859. The highest BCUT2D eigenvalue weighted by atomic mass is 19.4. The zero-order valence-corrected chi connectivity index (χ0v) is 14.1. The number of carbonyl (C=O) groups excluding carboxylic acids is 1. The summed E-state index contributed by atoms with van der Waals surface area (Å²) in [5, 5.41) is 9.85. The van der Waals surface area contributed by atoms with Gasteiger partial charge < -0.3 is 9.15 Å². The number of alkyl halides is 3. The molecule has 0 bridgehead atoms. The number of aromatic nitrogens is 2. The van der Waals surface area contributed by atoms with Gasteiger partial charge in [0.2, 0.25) is 5.89 Å². The van der Waals surface area contributed by atoms with Crippen molar-refractivity contribution in [2.75, 3.05) is 11.9 Å². The Hall–Kier alpha value is -3.36. The molecule has 0 aliphatic carbocycles. The molecule has 1 aromatic heterocycles. The number of amides is 1. The van der Waals surface area contributed by atoms with Gasteiger partial charge >= 0.3 is 12.2 Å². The second kappa shape index (κ2) is 7.48. The molecule has 27 heavy (non-hydrogen) atoms. The number of hydrogen-bond acceptors (Lipinski definition) is 5. The van der Waals surface area contributed by atoms with Gasteiger partial charge in [-0.2, -0.15) is 13.2 Å². The van der Waals surface area contributed by atoms with Crippen LogP contribution in [-0.2, 0) is 6.18 Å². The van der Waals surface area contributed by atoms with Gasteiger partial charge in [-0.1, -0.05) is 5.10 Å². The zero-order valence-electron chi connectivity index (χ0n) is 14.1. The van der Waals surface area contributed by atoms with E-state index in [1.165, 1.54) is 12.1 Å². The lowest BCUT2D eigenvalue weighted by Crippen LogP contribution is -2.12. The number of halogens is 3. The first kappa shape index (κ1) is 18.4. The molecule has 1 amide bonds. The monoisotopic (exact) mass is 377 g/mol. The molecule has 2 aromatic carbocycles. The van der Waals surface area contributed by atoms with Crippen molar-refractivity contribution in [1.29, 1.82) is 0 Å². The molecule has 0 spiro atoms. The third-order valence-corrected chi connectivity index (χ3v) is 3.53. The number of carbonyl (C=O) groups is 1. The van der Waals surface area contributed by atoms with Crippen LogP contribution >= 0.6 is 0 Å². The van der Waals surface area contributed by atoms with Gasteiger partial charge in [0.05, 0.1) is 12.2 Å². The van der Waals surface area contributed by atoms with E-state index >= 15 is 0 Å². The molecule has 0 aliphatic heterocycles. The molecule has 0 aliphatic rings. The first-order valence-corrected chi connectivity index (χ1v) is 7.92. The highest BCUT2D eigenvalue weighted by molar-refractivity contribution is 6.03. The van der Waals surface area contributed by atoms with Gasteiger partial charge in [-0.05, 0) is 55.5 Å². The van der Waals surface area contributed by atoms with Gasteiger partial charge in [0.1, 0.15) is 5.75 Å². The summed E-state index contributed by atoms with van der Waals surface area (Å²) in [5.41, 5.74) is -0.125. The first-order valence-electron chi connectivity index (χ1n) is 7.92. The van der Waals surface area contributed by atoms with Crippen molar-refractivity contribution in [3.8, 4) is 17.2 Å². The van der Waals surface area contributed by atoms with Gasteiger partial charge in [0.15, 0.2) is 0 Å². The van der Waals surface area contributed by atoms with E-state index in [0.29, 0.717) is 23.5 Å². The number of nitrogens with one attached hydrogen (secondary N) is 1. The molecular formula is C18H14F3N3O3. The molecule has 6 nitrogen and oxygen atoms in total. The largest absolute Gasteiger partial charge is 0.494 e. The molecule has 0 saturated carbocycles. The molecule has 1 N–H and O–H groups in total. The Morgan fingerprint density at radius 1 is 1.07 bits per heavy atom. The van der Waals surface area contributed by atoms with Gasteiger partial charge in [0, 0.05) is 11.1 Å². The number of nitrogens with zero attached hydrogens (tertiary/aromatic N) is 2. The highest BCUT2D eigenvalue weighted by Crippen LogP contribution is 2.31. The minimum atomic E-state index is -4.43. The third kappa shape index (κ3) is 4.43. The molecule has 0 atom stereocenters. The number of benzene rings is 2. The standard InChI is InChI=1S/C18H14F3N3O3/c1-2-26-14-9-5-11(6-10-14)15(25)22-17-24-23-16(27-17)12-3-7-13(8-4-12)18(19,20)21/h3-10H,2H2,1H3,(H,22,24,25). The van der Waals surface area contributed by atoms with E-state index in [2.05, 4.69) is 15.5 Å². The highest BCUT2D eigenvalue weighted by Gasteiger charge is 2.30. The van der Waals surface area contributed by atoms with Crippen LogP contribution in [0.5, 0.6) is 5.75 Å². The van der Waals surface area contributed by atoms with Crippen molar-refractivity contribution < 1.29 is 27.1 Å². The molecule has 140 valence electrons. The maximum Gasteiger partial charge on any atom is 0.416 e. The van der Waals surface area contributed by atoms with Gasteiger partial charge in [-0.25, -0.2) is 0 Å². The van der Waals surface area contributed by atoms with Crippen molar-refractivity contribution >= 4 is 11.9 Å². The molecule has 0 fully saturated rings. The van der Waals surface area contributed by atoms with E-state index in [1.54, 1.807) is 24.3 Å². The maximum atomic E-state index is 12.6. The Morgan fingerprint density at radius 3 is 2.33 bits per heavy atom. The van der Waals surface area contributed by atoms with Crippen molar-refractivity contribution in [3.05, 3.63) is 59.7 Å². The van der Waals surface area contributed by atoms with E-state index < -0.39 is 17.6 Å². The molecule has 9 heteroatoms. The van der Waals surface area contributed by atoms with Crippen LogP contribution in [0.1, 0.15) is 22.8 Å². The Balaban J connectivity index is 1.69. The Morgan fingerprint density at radius 2 is 1.74 bits per heavy atom. The third-order valence-electron chi connectivity index (χ3n) is 3.53. The summed E-state index contributed by atoms with van der Waals surface area (Å²) < 4.78 is 48.4. The van der Waals surface area contributed by atoms with Crippen molar-refractivity contribution in [2.45, 2.75) is 13.1 Å². The number of hydrogen-bond donors (Lipinski definition) is 1. The van der Waals surface area contributed by atoms with Gasteiger partial charge in [0.25, 0.3) is 5.91 Å². The van der Waals surface area contributed by atoms with Crippen LogP contribution in [0, 0.1) is 0 Å². The van der Waals surface area contributed by atoms with Gasteiger partial charge in [-0.15, -0.1) is 5.10 Å². The number of ether oxygens (including phenoxy) is 1. The van der Waals surface area contributed by atoms with Crippen LogP contribution in [0.2, 0.25) is 0 Å². The SMILES string of the molecule is CCOc1ccc(C(=O)Nc2nnc(-c3ccc(C(F)(F)F)cc3)o2)cc1. The van der Waals surface area contributed by atoms with Crippen LogP contribution in [0.4, 0.5) is 19.2 Å². The summed E-state index contributed by atoms with van der Waals surface area (Å²) in [6.07, 6.45) is -4.43. The summed E-state index contributed by atoms with van der Waals surface area (Å²) in [6.45, 7) is 2.37. The minimum Gasteiger partial charge on any atom is -0.494 e. The second-order valence-electron chi connectivity index (χ2n) is 5.40. The molecule has 3 aromatic rings. The zero-order chi connectivity index (χ0) is 19.4. The molecule has 0 radical (unpaired) electrons. The van der Waals surface area contributed by atoms with E-state index in [-0.39, 0.29) is 11.9 Å². The summed E-state index contributed by atoms with van der Waals surface area (Å²) in [6, 6.07) is 10.6. The summed E-state index contributed by atoms with van der Waals surface area (Å²) >= 11 is 0. The van der Waals surface area contributed by atoms with Crippen molar-refractivity contribution in [2.24, 2.45) is 0 Å². The van der Waals surface area contributed by atoms with Crippen LogP contribution in [0.25, 0.3) is 11.5 Å². The predicted molar refractivity (Wildman–Crippen MR) is 90.3 cm³/mol. The Bertz CT molecular complexity index is 920. The number of anilines is 1. The average Bonchev–Trinajstić information content (AvgIpc) is 3.10. The fourth-order valence-corrected chi connectivity index (χ4v) is 2.23. The topological polar surface area (TPSA) is 77.2 Å². The molecule has 0 unspecified atom stereocenters. The second-order valence-corrected chi connectivity index (χ2v) is 5.40. The van der Waals surface area contributed by atoms with Crippen molar-refractivity contribution in [1.82, 2.24) is 10.2 Å².